The summed E-state index contributed by atoms with van der Waals surface area (Å²) in [5.41, 5.74) is 1.61. The number of carbonyl (C=O) groups is 2. The van der Waals surface area contributed by atoms with E-state index in [1.54, 1.807) is 4.90 Å². The summed E-state index contributed by atoms with van der Waals surface area (Å²) in [6.07, 6.45) is 2.53. The number of likely N-dealkylation sites (tertiary alicyclic amines) is 1. The van der Waals surface area contributed by atoms with Crippen LogP contribution in [0.5, 0.6) is 0 Å². The SMILES string of the molecule is CC(C)(C)OC(=O)N1CCC[C@H]1CCC(=O)NN. The normalized spacial score (nSPS) is 19.8. The van der Waals surface area contributed by atoms with Gasteiger partial charge in [-0.1, -0.05) is 0 Å². The first-order valence-electron chi connectivity index (χ1n) is 6.32. The molecule has 0 aliphatic carbocycles. The van der Waals surface area contributed by atoms with Crippen LogP contribution in [-0.4, -0.2) is 35.1 Å². The first-order valence-corrected chi connectivity index (χ1v) is 6.32. The molecule has 0 unspecified atom stereocenters. The van der Waals surface area contributed by atoms with Crippen molar-refractivity contribution in [1.82, 2.24) is 10.3 Å². The number of ether oxygens (including phenoxy) is 1. The Bertz CT molecular complexity index is 312. The van der Waals surface area contributed by atoms with Crippen LogP contribution in [-0.2, 0) is 9.53 Å². The molecule has 1 heterocycles. The molecule has 0 aromatic heterocycles. The summed E-state index contributed by atoms with van der Waals surface area (Å²) < 4.78 is 5.35. The van der Waals surface area contributed by atoms with Gasteiger partial charge in [0.15, 0.2) is 0 Å². The van der Waals surface area contributed by atoms with Gasteiger partial charge in [0.1, 0.15) is 5.60 Å². The van der Waals surface area contributed by atoms with Gasteiger partial charge in [0.25, 0.3) is 0 Å². The first-order chi connectivity index (χ1) is 8.33. The molecule has 6 heteroatoms. The van der Waals surface area contributed by atoms with Gasteiger partial charge < -0.3 is 9.64 Å². The third-order valence-electron chi connectivity index (χ3n) is 2.87. The van der Waals surface area contributed by atoms with Crippen molar-refractivity contribution in [2.75, 3.05) is 6.54 Å². The summed E-state index contributed by atoms with van der Waals surface area (Å²) in [4.78, 5) is 24.8. The van der Waals surface area contributed by atoms with E-state index in [-0.39, 0.29) is 18.0 Å². The maximum absolute atomic E-state index is 12.0. The number of nitrogens with zero attached hydrogens (tertiary/aromatic N) is 1. The molecule has 1 fully saturated rings. The maximum Gasteiger partial charge on any atom is 0.410 e. The fraction of sp³-hybridized carbons (Fsp3) is 0.833. The number of nitrogens with two attached hydrogens (primary N) is 1. The van der Waals surface area contributed by atoms with Crippen LogP contribution in [0.15, 0.2) is 0 Å². The highest BCUT2D eigenvalue weighted by molar-refractivity contribution is 5.75. The minimum absolute atomic E-state index is 0.0807. The van der Waals surface area contributed by atoms with Crippen LogP contribution in [0.2, 0.25) is 0 Å². The van der Waals surface area contributed by atoms with Crippen LogP contribution in [0.4, 0.5) is 4.79 Å². The molecule has 0 radical (unpaired) electrons. The second kappa shape index (κ2) is 6.04. The van der Waals surface area contributed by atoms with Crippen molar-refractivity contribution in [2.45, 2.75) is 58.1 Å². The molecule has 0 bridgehead atoms. The lowest BCUT2D eigenvalue weighted by atomic mass is 10.1. The second-order valence-corrected chi connectivity index (χ2v) is 5.58. The molecule has 3 N–H and O–H groups in total. The van der Waals surface area contributed by atoms with E-state index in [1.807, 2.05) is 20.8 Å². The number of carbonyl (C=O) groups excluding carboxylic acids is 2. The Morgan fingerprint density at radius 1 is 1.44 bits per heavy atom. The lowest BCUT2D eigenvalue weighted by Gasteiger charge is -2.28. The lowest BCUT2D eigenvalue weighted by molar-refractivity contribution is -0.121. The van der Waals surface area contributed by atoms with Crippen molar-refractivity contribution >= 4 is 12.0 Å². The zero-order valence-electron chi connectivity index (χ0n) is 11.4. The van der Waals surface area contributed by atoms with Crippen molar-refractivity contribution < 1.29 is 14.3 Å². The predicted molar refractivity (Wildman–Crippen MR) is 67.5 cm³/mol. The molecule has 6 nitrogen and oxygen atoms in total. The van der Waals surface area contributed by atoms with E-state index in [0.717, 1.165) is 12.8 Å². The van der Waals surface area contributed by atoms with Crippen molar-refractivity contribution in [1.29, 1.82) is 0 Å². The molecule has 0 saturated carbocycles. The Morgan fingerprint density at radius 2 is 2.11 bits per heavy atom. The Hall–Kier alpha value is -1.30. The summed E-state index contributed by atoms with van der Waals surface area (Å²) >= 11 is 0. The zero-order valence-corrected chi connectivity index (χ0v) is 11.4. The highest BCUT2D eigenvalue weighted by Crippen LogP contribution is 2.23. The van der Waals surface area contributed by atoms with Gasteiger partial charge in [-0.3, -0.25) is 10.2 Å². The minimum Gasteiger partial charge on any atom is -0.444 e. The average molecular weight is 257 g/mol. The lowest BCUT2D eigenvalue weighted by Crippen LogP contribution is -2.40. The van der Waals surface area contributed by atoms with Crippen LogP contribution in [0.25, 0.3) is 0 Å². The Morgan fingerprint density at radius 3 is 2.67 bits per heavy atom. The van der Waals surface area contributed by atoms with Crippen LogP contribution >= 0.6 is 0 Å². The maximum atomic E-state index is 12.0. The largest absolute Gasteiger partial charge is 0.444 e. The van der Waals surface area contributed by atoms with Crippen molar-refractivity contribution in [2.24, 2.45) is 5.84 Å². The number of nitrogens with one attached hydrogen (secondary N) is 1. The van der Waals surface area contributed by atoms with E-state index >= 15 is 0 Å². The van der Waals surface area contributed by atoms with Crippen LogP contribution < -0.4 is 11.3 Å². The van der Waals surface area contributed by atoms with Gasteiger partial charge >= 0.3 is 6.09 Å². The van der Waals surface area contributed by atoms with Gasteiger partial charge in [-0.25, -0.2) is 10.6 Å². The molecule has 1 rings (SSSR count). The summed E-state index contributed by atoms with van der Waals surface area (Å²) in [5, 5.41) is 0. The highest BCUT2D eigenvalue weighted by atomic mass is 16.6. The molecule has 0 aromatic rings. The molecule has 0 aromatic carbocycles. The zero-order chi connectivity index (χ0) is 13.8. The van der Waals surface area contributed by atoms with Gasteiger partial charge in [-0.2, -0.15) is 0 Å². The van der Waals surface area contributed by atoms with E-state index < -0.39 is 5.60 Å². The molecule has 1 aliphatic rings. The predicted octanol–water partition coefficient (Wildman–Crippen LogP) is 1.16. The molecule has 104 valence electrons. The summed E-state index contributed by atoms with van der Waals surface area (Å²) in [6.45, 7) is 6.23. The van der Waals surface area contributed by atoms with Crippen LogP contribution in [0.3, 0.4) is 0 Å². The topological polar surface area (TPSA) is 84.7 Å². The van der Waals surface area contributed by atoms with Crippen LogP contribution in [0.1, 0.15) is 46.5 Å². The standard InChI is InChI=1S/C12H23N3O3/c1-12(2,3)18-11(17)15-8-4-5-9(15)6-7-10(16)14-13/h9H,4-8,13H2,1-3H3,(H,14,16)/t9-/m0/s1. The van der Waals surface area contributed by atoms with Crippen molar-refractivity contribution in [3.63, 3.8) is 0 Å². The van der Waals surface area contributed by atoms with Gasteiger partial charge in [0, 0.05) is 19.0 Å². The second-order valence-electron chi connectivity index (χ2n) is 5.58. The van der Waals surface area contributed by atoms with Gasteiger partial charge in [0.2, 0.25) is 5.91 Å². The molecule has 1 saturated heterocycles. The third kappa shape index (κ3) is 4.52. The van der Waals surface area contributed by atoms with E-state index in [1.165, 1.54) is 0 Å². The average Bonchev–Trinajstić information content (AvgIpc) is 2.71. The van der Waals surface area contributed by atoms with Gasteiger partial charge in [0.05, 0.1) is 0 Å². The number of hydrazine groups is 1. The van der Waals surface area contributed by atoms with E-state index in [9.17, 15) is 9.59 Å². The summed E-state index contributed by atoms with van der Waals surface area (Å²) in [7, 11) is 0. The van der Waals surface area contributed by atoms with Gasteiger partial charge in [-0.05, 0) is 40.0 Å². The van der Waals surface area contributed by atoms with Gasteiger partial charge in [-0.15, -0.1) is 0 Å². The fourth-order valence-corrected chi connectivity index (χ4v) is 2.07. The van der Waals surface area contributed by atoms with E-state index in [2.05, 4.69) is 5.43 Å². The number of amides is 2. The Labute approximate surface area is 108 Å². The fourth-order valence-electron chi connectivity index (χ4n) is 2.07. The monoisotopic (exact) mass is 257 g/mol. The molecule has 2 amide bonds. The molecule has 1 aliphatic heterocycles. The summed E-state index contributed by atoms with van der Waals surface area (Å²) in [6, 6.07) is 0.0807. The van der Waals surface area contributed by atoms with Crippen molar-refractivity contribution in [3.8, 4) is 0 Å². The Kier molecular flexibility index (Phi) is 4.95. The first kappa shape index (κ1) is 14.8. The quantitative estimate of drug-likeness (QED) is 0.451. The number of rotatable bonds is 3. The third-order valence-corrected chi connectivity index (χ3v) is 2.87. The number of hydrogen-bond acceptors (Lipinski definition) is 4. The minimum atomic E-state index is -0.487. The smallest absolute Gasteiger partial charge is 0.410 e. The highest BCUT2D eigenvalue weighted by Gasteiger charge is 2.32. The molecular formula is C12H23N3O3. The van der Waals surface area contributed by atoms with E-state index in [4.69, 9.17) is 10.6 Å². The van der Waals surface area contributed by atoms with E-state index in [0.29, 0.717) is 19.4 Å². The van der Waals surface area contributed by atoms with Crippen LogP contribution in [0, 0.1) is 0 Å². The Balaban J connectivity index is 2.49. The molecular weight excluding hydrogens is 234 g/mol. The molecule has 0 spiro atoms. The number of hydrogen-bond donors (Lipinski definition) is 2. The summed E-state index contributed by atoms with van der Waals surface area (Å²) in [5.74, 6) is 4.83. The van der Waals surface area contributed by atoms with Crippen molar-refractivity contribution in [3.05, 3.63) is 0 Å². The molecule has 1 atom stereocenters. The molecule has 18 heavy (non-hydrogen) atoms.